The van der Waals surface area contributed by atoms with E-state index in [0.717, 1.165) is 17.0 Å². The molecule has 0 saturated heterocycles. The number of thiophene rings is 1. The number of halogens is 3. The van der Waals surface area contributed by atoms with Crippen molar-refractivity contribution in [3.05, 3.63) is 52.2 Å². The van der Waals surface area contributed by atoms with Gasteiger partial charge in [-0.1, -0.05) is 12.1 Å². The van der Waals surface area contributed by atoms with Gasteiger partial charge >= 0.3 is 6.18 Å². The van der Waals surface area contributed by atoms with E-state index in [-0.39, 0.29) is 12.2 Å². The smallest absolute Gasteiger partial charge is 0.376 e. The fourth-order valence-electron chi connectivity index (χ4n) is 1.71. The van der Waals surface area contributed by atoms with Gasteiger partial charge in [0, 0.05) is 10.6 Å². The molecule has 0 saturated carbocycles. The number of alkyl halides is 3. The molecule has 0 spiro atoms. The summed E-state index contributed by atoms with van der Waals surface area (Å²) in [6.45, 7) is 1.58. The second kappa shape index (κ2) is 7.28. The Hall–Kier alpha value is -2.35. The van der Waals surface area contributed by atoms with Crippen molar-refractivity contribution in [3.8, 4) is 0 Å². The monoisotopic (exact) mass is 341 g/mol. The van der Waals surface area contributed by atoms with Crippen LogP contribution in [0.25, 0.3) is 0 Å². The molecule has 0 fully saturated rings. The maximum absolute atomic E-state index is 12.6. The molecule has 0 bridgehead atoms. The Kier molecular flexibility index (Phi) is 5.38. The number of carbonyl (C=O) groups excluding carboxylic acids is 1. The van der Waals surface area contributed by atoms with Crippen LogP contribution in [-0.4, -0.2) is 18.2 Å². The highest BCUT2D eigenvalue weighted by atomic mass is 32.1. The molecule has 0 unspecified atom stereocenters. The van der Waals surface area contributed by atoms with Crippen molar-refractivity contribution in [2.24, 2.45) is 5.10 Å². The van der Waals surface area contributed by atoms with Crippen LogP contribution < -0.4 is 10.7 Å². The van der Waals surface area contributed by atoms with Crippen LogP contribution in [0.3, 0.4) is 0 Å². The normalized spacial score (nSPS) is 12.1. The summed E-state index contributed by atoms with van der Waals surface area (Å²) in [6.07, 6.45) is -4.41. The van der Waals surface area contributed by atoms with E-state index in [0.29, 0.717) is 5.71 Å². The third-order valence-electron chi connectivity index (χ3n) is 2.87. The van der Waals surface area contributed by atoms with Crippen molar-refractivity contribution in [1.82, 2.24) is 5.43 Å². The number of benzene rings is 1. The van der Waals surface area contributed by atoms with Crippen LogP contribution in [0.5, 0.6) is 0 Å². The number of hydrogen-bond donors (Lipinski definition) is 2. The zero-order valence-electron chi connectivity index (χ0n) is 12.1. The highest BCUT2D eigenvalue weighted by molar-refractivity contribution is 7.12. The molecule has 0 radical (unpaired) electrons. The summed E-state index contributed by atoms with van der Waals surface area (Å²) >= 11 is 1.49. The lowest BCUT2D eigenvalue weighted by atomic mass is 10.2. The Balaban J connectivity index is 1.89. The fraction of sp³-hybridized carbons (Fsp3) is 0.200. The molecule has 2 rings (SSSR count). The van der Waals surface area contributed by atoms with E-state index < -0.39 is 17.6 Å². The van der Waals surface area contributed by atoms with Crippen LogP contribution in [-0.2, 0) is 11.0 Å². The van der Waals surface area contributed by atoms with Gasteiger partial charge in [-0.15, -0.1) is 11.3 Å². The quantitative estimate of drug-likeness (QED) is 0.643. The molecule has 1 heterocycles. The third kappa shape index (κ3) is 5.10. The molecule has 4 nitrogen and oxygen atoms in total. The van der Waals surface area contributed by atoms with Crippen LogP contribution in [0.15, 0.2) is 46.9 Å². The lowest BCUT2D eigenvalue weighted by Crippen LogP contribution is -2.26. The van der Waals surface area contributed by atoms with Crippen molar-refractivity contribution in [2.75, 3.05) is 11.9 Å². The molecule has 2 N–H and O–H groups in total. The fourth-order valence-corrected chi connectivity index (χ4v) is 2.39. The summed E-state index contributed by atoms with van der Waals surface area (Å²) in [5.41, 5.74) is 2.46. The van der Waals surface area contributed by atoms with Gasteiger partial charge in [0.05, 0.1) is 17.8 Å². The second-order valence-electron chi connectivity index (χ2n) is 4.64. The molecular formula is C15H14F3N3OS. The molecule has 1 amide bonds. The van der Waals surface area contributed by atoms with E-state index in [4.69, 9.17) is 0 Å². The van der Waals surface area contributed by atoms with E-state index in [2.05, 4.69) is 15.8 Å². The Labute approximate surface area is 135 Å². The molecule has 2 aromatic rings. The molecule has 1 aromatic heterocycles. The van der Waals surface area contributed by atoms with Crippen LogP contribution in [0.2, 0.25) is 0 Å². The van der Waals surface area contributed by atoms with E-state index in [1.807, 2.05) is 17.5 Å². The molecule has 1 aromatic carbocycles. The first-order chi connectivity index (χ1) is 10.9. The predicted molar refractivity (Wildman–Crippen MR) is 84.6 cm³/mol. The lowest BCUT2D eigenvalue weighted by molar-refractivity contribution is -0.137. The largest absolute Gasteiger partial charge is 0.416 e. The maximum atomic E-state index is 12.6. The van der Waals surface area contributed by atoms with E-state index in [9.17, 15) is 18.0 Å². The number of nitrogens with one attached hydrogen (secondary N) is 2. The average molecular weight is 341 g/mol. The van der Waals surface area contributed by atoms with Crippen LogP contribution in [0, 0.1) is 0 Å². The molecule has 0 aliphatic heterocycles. The Morgan fingerprint density at radius 3 is 2.70 bits per heavy atom. The number of amides is 1. The van der Waals surface area contributed by atoms with Gasteiger partial charge in [0.2, 0.25) is 0 Å². The Morgan fingerprint density at radius 1 is 1.26 bits per heavy atom. The van der Waals surface area contributed by atoms with Gasteiger partial charge in [-0.05, 0) is 36.6 Å². The molecule has 23 heavy (non-hydrogen) atoms. The minimum absolute atomic E-state index is 0.178. The van der Waals surface area contributed by atoms with Crippen molar-refractivity contribution in [1.29, 1.82) is 0 Å². The molecule has 0 atom stereocenters. The van der Waals surface area contributed by atoms with Gasteiger partial charge in [-0.3, -0.25) is 4.79 Å². The minimum atomic E-state index is -4.41. The zero-order valence-corrected chi connectivity index (χ0v) is 13.0. The second-order valence-corrected chi connectivity index (χ2v) is 5.59. The zero-order chi connectivity index (χ0) is 16.9. The third-order valence-corrected chi connectivity index (χ3v) is 3.85. The van der Waals surface area contributed by atoms with Gasteiger partial charge in [-0.2, -0.15) is 18.3 Å². The first-order valence-corrected chi connectivity index (χ1v) is 7.52. The number of anilines is 1. The summed E-state index contributed by atoms with van der Waals surface area (Å²) in [5, 5.41) is 8.47. The number of hydrazone groups is 1. The van der Waals surface area contributed by atoms with Crippen LogP contribution in [0.1, 0.15) is 17.4 Å². The van der Waals surface area contributed by atoms with Gasteiger partial charge < -0.3 is 5.32 Å². The minimum Gasteiger partial charge on any atom is -0.376 e. The highest BCUT2D eigenvalue weighted by Gasteiger charge is 2.30. The highest BCUT2D eigenvalue weighted by Crippen LogP contribution is 2.30. The summed E-state index contributed by atoms with van der Waals surface area (Å²) in [4.78, 5) is 12.6. The molecule has 122 valence electrons. The SMILES string of the molecule is C/C(=N/NC(=O)CNc1cccc(C(F)(F)F)c1)c1cccs1. The van der Waals surface area contributed by atoms with E-state index >= 15 is 0 Å². The predicted octanol–water partition coefficient (Wildman–Crippen LogP) is 3.72. The summed E-state index contributed by atoms with van der Waals surface area (Å²) in [7, 11) is 0. The van der Waals surface area contributed by atoms with Crippen molar-refractivity contribution >= 4 is 28.6 Å². The van der Waals surface area contributed by atoms with Crippen molar-refractivity contribution < 1.29 is 18.0 Å². The van der Waals surface area contributed by atoms with Gasteiger partial charge in [0.15, 0.2) is 0 Å². The summed E-state index contributed by atoms with van der Waals surface area (Å²) in [5.74, 6) is -0.446. The van der Waals surface area contributed by atoms with E-state index in [1.54, 1.807) is 6.92 Å². The lowest BCUT2D eigenvalue weighted by Gasteiger charge is -2.10. The van der Waals surface area contributed by atoms with Gasteiger partial charge in [-0.25, -0.2) is 5.43 Å². The van der Waals surface area contributed by atoms with Crippen molar-refractivity contribution in [3.63, 3.8) is 0 Å². The van der Waals surface area contributed by atoms with Crippen LogP contribution >= 0.6 is 11.3 Å². The number of carbonyl (C=O) groups is 1. The van der Waals surface area contributed by atoms with Crippen LogP contribution in [0.4, 0.5) is 18.9 Å². The van der Waals surface area contributed by atoms with Gasteiger partial charge in [0.1, 0.15) is 0 Å². The summed E-state index contributed by atoms with van der Waals surface area (Å²) in [6, 6.07) is 8.41. The van der Waals surface area contributed by atoms with E-state index in [1.165, 1.54) is 23.5 Å². The Morgan fingerprint density at radius 2 is 2.04 bits per heavy atom. The molecular weight excluding hydrogens is 327 g/mol. The standard InChI is InChI=1S/C15H14F3N3OS/c1-10(13-6-3-7-23-13)20-21-14(22)9-19-12-5-2-4-11(8-12)15(16,17)18/h2-8,19H,9H2,1H3,(H,21,22)/b20-10-. The van der Waals surface area contributed by atoms with Gasteiger partial charge in [0.25, 0.3) is 5.91 Å². The molecule has 0 aliphatic carbocycles. The first-order valence-electron chi connectivity index (χ1n) is 6.64. The number of nitrogens with zero attached hydrogens (tertiary/aromatic N) is 1. The van der Waals surface area contributed by atoms with Crippen molar-refractivity contribution in [2.45, 2.75) is 13.1 Å². The average Bonchev–Trinajstić information content (AvgIpc) is 3.04. The summed E-state index contributed by atoms with van der Waals surface area (Å²) < 4.78 is 37.8. The first kappa shape index (κ1) is 17.0. The Bertz CT molecular complexity index is 696. The molecule has 0 aliphatic rings. The number of hydrogen-bond acceptors (Lipinski definition) is 4. The topological polar surface area (TPSA) is 53.5 Å². The maximum Gasteiger partial charge on any atom is 0.416 e. The molecule has 8 heteroatoms. The number of rotatable bonds is 5.